The van der Waals surface area contributed by atoms with Crippen molar-refractivity contribution < 1.29 is 5.11 Å². The third-order valence-electron chi connectivity index (χ3n) is 3.01. The molecule has 1 heterocycles. The third kappa shape index (κ3) is 4.70. The lowest BCUT2D eigenvalue weighted by Crippen LogP contribution is -2.04. The molecule has 1 rings (SSSR count). The maximum atomic E-state index is 10.1. The average molecular weight is 233 g/mol. The van der Waals surface area contributed by atoms with E-state index in [1.807, 2.05) is 18.2 Å². The molecule has 17 heavy (non-hydrogen) atoms. The standard InChI is InChI=1S/C15H23NO/c1-3-5-6-7-8-11-14(17)15-13(4-2)10-9-12-16-15/h3,9-10,12,14,17H,1,4-8,11H2,2H3. The number of pyridine rings is 1. The second kappa shape index (κ2) is 8.02. The van der Waals surface area contributed by atoms with Crippen molar-refractivity contribution in [1.29, 1.82) is 0 Å². The fourth-order valence-electron chi connectivity index (χ4n) is 1.99. The minimum atomic E-state index is -0.408. The Kier molecular flexibility index (Phi) is 6.56. The van der Waals surface area contributed by atoms with Crippen molar-refractivity contribution in [2.75, 3.05) is 0 Å². The molecule has 0 radical (unpaired) electrons. The largest absolute Gasteiger partial charge is 0.387 e. The van der Waals surface area contributed by atoms with Crippen molar-refractivity contribution >= 4 is 0 Å². The zero-order valence-electron chi connectivity index (χ0n) is 10.7. The van der Waals surface area contributed by atoms with Gasteiger partial charge in [-0.05, 0) is 37.3 Å². The second-order valence-corrected chi connectivity index (χ2v) is 4.34. The summed E-state index contributed by atoms with van der Waals surface area (Å²) < 4.78 is 0. The van der Waals surface area contributed by atoms with E-state index in [1.54, 1.807) is 6.20 Å². The fourth-order valence-corrected chi connectivity index (χ4v) is 1.99. The maximum Gasteiger partial charge on any atom is 0.0962 e. The second-order valence-electron chi connectivity index (χ2n) is 4.34. The molecular weight excluding hydrogens is 210 g/mol. The number of allylic oxidation sites excluding steroid dienone is 1. The van der Waals surface area contributed by atoms with Gasteiger partial charge in [0.05, 0.1) is 11.8 Å². The molecule has 0 aliphatic rings. The molecule has 1 aromatic heterocycles. The number of hydrogen-bond acceptors (Lipinski definition) is 2. The summed E-state index contributed by atoms with van der Waals surface area (Å²) in [4.78, 5) is 4.30. The summed E-state index contributed by atoms with van der Waals surface area (Å²) in [7, 11) is 0. The number of nitrogens with zero attached hydrogens (tertiary/aromatic N) is 1. The number of hydrogen-bond donors (Lipinski definition) is 1. The summed E-state index contributed by atoms with van der Waals surface area (Å²) >= 11 is 0. The van der Waals surface area contributed by atoms with Crippen molar-refractivity contribution in [3.8, 4) is 0 Å². The summed E-state index contributed by atoms with van der Waals surface area (Å²) in [5, 5.41) is 10.1. The van der Waals surface area contributed by atoms with Crippen LogP contribution in [0.4, 0.5) is 0 Å². The highest BCUT2D eigenvalue weighted by Crippen LogP contribution is 2.21. The van der Waals surface area contributed by atoms with Gasteiger partial charge in [-0.2, -0.15) is 0 Å². The van der Waals surface area contributed by atoms with E-state index < -0.39 is 6.10 Å². The van der Waals surface area contributed by atoms with E-state index in [0.717, 1.165) is 43.4 Å². The van der Waals surface area contributed by atoms with Gasteiger partial charge in [0.15, 0.2) is 0 Å². The van der Waals surface area contributed by atoms with E-state index in [9.17, 15) is 5.11 Å². The van der Waals surface area contributed by atoms with Crippen LogP contribution in [-0.2, 0) is 6.42 Å². The van der Waals surface area contributed by atoms with Crippen molar-refractivity contribution in [1.82, 2.24) is 4.98 Å². The van der Waals surface area contributed by atoms with Crippen LogP contribution >= 0.6 is 0 Å². The van der Waals surface area contributed by atoms with Crippen molar-refractivity contribution in [3.05, 3.63) is 42.2 Å². The van der Waals surface area contributed by atoms with E-state index >= 15 is 0 Å². The first-order chi connectivity index (χ1) is 8.29. The Morgan fingerprint density at radius 2 is 2.24 bits per heavy atom. The van der Waals surface area contributed by atoms with Gasteiger partial charge in [0.1, 0.15) is 0 Å². The van der Waals surface area contributed by atoms with Gasteiger partial charge in [-0.3, -0.25) is 4.98 Å². The molecule has 0 aliphatic heterocycles. The number of aliphatic hydroxyl groups excluding tert-OH is 1. The Morgan fingerprint density at radius 1 is 1.41 bits per heavy atom. The molecule has 0 saturated carbocycles. The van der Waals surface area contributed by atoms with E-state index in [1.165, 1.54) is 6.42 Å². The summed E-state index contributed by atoms with van der Waals surface area (Å²) in [5.74, 6) is 0. The van der Waals surface area contributed by atoms with Crippen LogP contribution in [-0.4, -0.2) is 10.1 Å². The number of aliphatic hydroxyl groups is 1. The molecule has 2 nitrogen and oxygen atoms in total. The molecule has 1 N–H and O–H groups in total. The minimum absolute atomic E-state index is 0.408. The van der Waals surface area contributed by atoms with Crippen LogP contribution in [0.1, 0.15) is 56.4 Å². The van der Waals surface area contributed by atoms with Crippen molar-refractivity contribution in [2.24, 2.45) is 0 Å². The van der Waals surface area contributed by atoms with Gasteiger partial charge in [0.2, 0.25) is 0 Å². The van der Waals surface area contributed by atoms with Crippen LogP contribution in [0.5, 0.6) is 0 Å². The average Bonchev–Trinajstić information content (AvgIpc) is 2.38. The molecule has 94 valence electrons. The highest BCUT2D eigenvalue weighted by molar-refractivity contribution is 5.21. The molecule has 1 aromatic rings. The normalized spacial score (nSPS) is 12.4. The number of unbranched alkanes of at least 4 members (excludes halogenated alkanes) is 3. The van der Waals surface area contributed by atoms with Gasteiger partial charge in [0, 0.05) is 6.20 Å². The molecule has 0 fully saturated rings. The van der Waals surface area contributed by atoms with Crippen molar-refractivity contribution in [2.45, 2.75) is 51.6 Å². The van der Waals surface area contributed by atoms with Crippen molar-refractivity contribution in [3.63, 3.8) is 0 Å². The molecule has 1 atom stereocenters. The monoisotopic (exact) mass is 233 g/mol. The highest BCUT2D eigenvalue weighted by Gasteiger charge is 2.11. The number of aryl methyl sites for hydroxylation is 1. The number of aromatic nitrogens is 1. The van der Waals surface area contributed by atoms with E-state index in [2.05, 4.69) is 18.5 Å². The number of rotatable bonds is 8. The first-order valence-electron chi connectivity index (χ1n) is 6.52. The van der Waals surface area contributed by atoms with Gasteiger partial charge < -0.3 is 5.11 Å². The SMILES string of the molecule is C=CCCCCCC(O)c1ncccc1CC. The first kappa shape index (κ1) is 13.9. The fraction of sp³-hybridized carbons (Fsp3) is 0.533. The molecule has 0 aromatic carbocycles. The zero-order valence-corrected chi connectivity index (χ0v) is 10.7. The molecule has 0 spiro atoms. The van der Waals surface area contributed by atoms with Gasteiger partial charge in [0.25, 0.3) is 0 Å². The smallest absolute Gasteiger partial charge is 0.0962 e. The van der Waals surface area contributed by atoms with E-state index in [-0.39, 0.29) is 0 Å². The predicted molar refractivity (Wildman–Crippen MR) is 71.9 cm³/mol. The maximum absolute atomic E-state index is 10.1. The Labute approximate surface area is 104 Å². The van der Waals surface area contributed by atoms with Crippen LogP contribution in [0.15, 0.2) is 31.0 Å². The zero-order chi connectivity index (χ0) is 12.5. The van der Waals surface area contributed by atoms with Gasteiger partial charge >= 0.3 is 0 Å². The summed E-state index contributed by atoms with van der Waals surface area (Å²) in [6.07, 6.45) is 9.47. The summed E-state index contributed by atoms with van der Waals surface area (Å²) in [5.41, 5.74) is 2.02. The lowest BCUT2D eigenvalue weighted by Gasteiger charge is -2.13. The van der Waals surface area contributed by atoms with Gasteiger partial charge in [-0.15, -0.1) is 6.58 Å². The van der Waals surface area contributed by atoms with E-state index in [0.29, 0.717) is 0 Å². The van der Waals surface area contributed by atoms with Gasteiger partial charge in [-0.25, -0.2) is 0 Å². The minimum Gasteiger partial charge on any atom is -0.387 e. The molecule has 0 amide bonds. The Morgan fingerprint density at radius 3 is 2.94 bits per heavy atom. The summed E-state index contributed by atoms with van der Waals surface area (Å²) in [6.45, 7) is 5.80. The summed E-state index contributed by atoms with van der Waals surface area (Å²) in [6, 6.07) is 3.97. The molecule has 1 unspecified atom stereocenters. The Bertz CT molecular complexity index is 335. The highest BCUT2D eigenvalue weighted by atomic mass is 16.3. The molecule has 0 saturated heterocycles. The lowest BCUT2D eigenvalue weighted by atomic mass is 10.0. The predicted octanol–water partition coefficient (Wildman–Crippen LogP) is 3.81. The Balaban J connectivity index is 2.40. The van der Waals surface area contributed by atoms with Crippen LogP contribution in [0, 0.1) is 0 Å². The van der Waals surface area contributed by atoms with E-state index in [4.69, 9.17) is 0 Å². The lowest BCUT2D eigenvalue weighted by molar-refractivity contribution is 0.157. The molecule has 0 bridgehead atoms. The quantitative estimate of drug-likeness (QED) is 0.547. The van der Waals surface area contributed by atoms with Crippen LogP contribution in [0.3, 0.4) is 0 Å². The topological polar surface area (TPSA) is 33.1 Å². The van der Waals surface area contributed by atoms with Crippen LogP contribution in [0.25, 0.3) is 0 Å². The molecular formula is C15H23NO. The Hall–Kier alpha value is -1.15. The van der Waals surface area contributed by atoms with Crippen LogP contribution < -0.4 is 0 Å². The molecule has 2 heteroatoms. The van der Waals surface area contributed by atoms with Crippen LogP contribution in [0.2, 0.25) is 0 Å². The first-order valence-corrected chi connectivity index (χ1v) is 6.52. The van der Waals surface area contributed by atoms with Gasteiger partial charge in [-0.1, -0.05) is 31.9 Å². The molecule has 0 aliphatic carbocycles. The third-order valence-corrected chi connectivity index (χ3v) is 3.01.